The van der Waals surface area contributed by atoms with Crippen LogP contribution in [-0.4, -0.2) is 48.2 Å². The van der Waals surface area contributed by atoms with Crippen LogP contribution in [0.15, 0.2) is 63.9 Å². The zero-order valence-corrected chi connectivity index (χ0v) is 24.0. The second-order valence-electron chi connectivity index (χ2n) is 9.95. The Hall–Kier alpha value is -2.85. The molecule has 1 saturated heterocycles. The standard InChI is InChI=1S/C29H37N3O5S2/c1-2-3-4-11-20-37-24-18-16-22(17-19-24)30-27(33)21-26-28(34)32(23-12-7-5-8-13-23)29(38-26)31-39(35,36)25-14-9-6-10-15-25/h6,9-10,14-19,23,26H,2-5,7-8,11-13,20-21H2,1H3,(H,30,33). The molecule has 0 bridgehead atoms. The number of hydrogen-bond donors (Lipinski definition) is 1. The van der Waals surface area contributed by atoms with Crippen molar-refractivity contribution in [2.75, 3.05) is 11.9 Å². The molecule has 1 atom stereocenters. The van der Waals surface area contributed by atoms with Crippen molar-refractivity contribution in [3.63, 3.8) is 0 Å². The highest BCUT2D eigenvalue weighted by atomic mass is 32.2. The monoisotopic (exact) mass is 571 g/mol. The van der Waals surface area contributed by atoms with Gasteiger partial charge in [0.25, 0.3) is 10.0 Å². The molecule has 210 valence electrons. The van der Waals surface area contributed by atoms with E-state index in [4.69, 9.17) is 4.74 Å². The molecule has 10 heteroatoms. The molecule has 2 aromatic rings. The van der Waals surface area contributed by atoms with E-state index in [1.165, 1.54) is 29.9 Å². The summed E-state index contributed by atoms with van der Waals surface area (Å²) >= 11 is 1.06. The van der Waals surface area contributed by atoms with Crippen LogP contribution in [0.4, 0.5) is 5.69 Å². The van der Waals surface area contributed by atoms with Gasteiger partial charge in [-0.2, -0.15) is 8.42 Å². The molecule has 0 spiro atoms. The van der Waals surface area contributed by atoms with Crippen molar-refractivity contribution in [3.8, 4) is 5.75 Å². The van der Waals surface area contributed by atoms with E-state index >= 15 is 0 Å². The lowest BCUT2D eigenvalue weighted by Gasteiger charge is -2.30. The van der Waals surface area contributed by atoms with E-state index in [2.05, 4.69) is 16.6 Å². The third-order valence-corrected chi connectivity index (χ3v) is 9.47. The number of hydrogen-bond acceptors (Lipinski definition) is 6. The SMILES string of the molecule is CCCCCCOc1ccc(NC(=O)CC2SC(=NS(=O)(=O)c3ccccc3)N(C3CCCCC3)C2=O)cc1. The Morgan fingerprint density at radius 3 is 2.44 bits per heavy atom. The van der Waals surface area contributed by atoms with Gasteiger partial charge in [0.2, 0.25) is 11.8 Å². The second-order valence-corrected chi connectivity index (χ2v) is 12.7. The molecule has 4 rings (SSSR count). The number of amidine groups is 1. The number of thioether (sulfide) groups is 1. The topological polar surface area (TPSA) is 105 Å². The van der Waals surface area contributed by atoms with Crippen molar-refractivity contribution in [2.45, 2.75) is 87.3 Å². The van der Waals surface area contributed by atoms with Gasteiger partial charge in [-0.1, -0.05) is 75.4 Å². The Morgan fingerprint density at radius 2 is 1.74 bits per heavy atom. The third kappa shape index (κ3) is 8.08. The Balaban J connectivity index is 1.41. The second kappa shape index (κ2) is 14.0. The number of anilines is 1. The van der Waals surface area contributed by atoms with Crippen LogP contribution in [0, 0.1) is 0 Å². The van der Waals surface area contributed by atoms with Gasteiger partial charge < -0.3 is 10.1 Å². The predicted molar refractivity (Wildman–Crippen MR) is 155 cm³/mol. The maximum absolute atomic E-state index is 13.5. The van der Waals surface area contributed by atoms with Crippen LogP contribution in [0.25, 0.3) is 0 Å². The molecule has 2 fully saturated rings. The highest BCUT2D eigenvalue weighted by Crippen LogP contribution is 2.36. The van der Waals surface area contributed by atoms with Crippen LogP contribution >= 0.6 is 11.8 Å². The molecular formula is C29H37N3O5S2. The van der Waals surface area contributed by atoms with E-state index in [0.717, 1.165) is 62.5 Å². The fourth-order valence-electron chi connectivity index (χ4n) is 4.84. The molecule has 2 aromatic carbocycles. The summed E-state index contributed by atoms with van der Waals surface area (Å²) in [7, 11) is -3.99. The van der Waals surface area contributed by atoms with Gasteiger partial charge in [-0.05, 0) is 55.7 Å². The van der Waals surface area contributed by atoms with Gasteiger partial charge in [-0.25, -0.2) is 0 Å². The molecule has 39 heavy (non-hydrogen) atoms. The van der Waals surface area contributed by atoms with Crippen molar-refractivity contribution in [1.82, 2.24) is 4.90 Å². The Morgan fingerprint density at radius 1 is 1.03 bits per heavy atom. The lowest BCUT2D eigenvalue weighted by molar-refractivity contribution is -0.130. The van der Waals surface area contributed by atoms with Gasteiger partial charge >= 0.3 is 0 Å². The average molecular weight is 572 g/mol. The Bertz CT molecular complexity index is 1240. The minimum Gasteiger partial charge on any atom is -0.494 e. The summed E-state index contributed by atoms with van der Waals surface area (Å²) in [6.45, 7) is 2.83. The average Bonchev–Trinajstić information content (AvgIpc) is 3.23. The van der Waals surface area contributed by atoms with E-state index < -0.39 is 15.3 Å². The minimum atomic E-state index is -3.99. The molecule has 2 amide bonds. The molecule has 8 nitrogen and oxygen atoms in total. The molecule has 1 unspecified atom stereocenters. The highest BCUT2D eigenvalue weighted by molar-refractivity contribution is 8.16. The third-order valence-electron chi connectivity index (χ3n) is 6.92. The first kappa shape index (κ1) is 29.1. The summed E-state index contributed by atoms with van der Waals surface area (Å²) in [5.74, 6) is 0.176. The van der Waals surface area contributed by atoms with Gasteiger partial charge in [0.05, 0.1) is 11.5 Å². The maximum atomic E-state index is 13.5. The Kier molecular flexibility index (Phi) is 10.4. The molecule has 2 aliphatic rings. The summed E-state index contributed by atoms with van der Waals surface area (Å²) in [6, 6.07) is 15.1. The predicted octanol–water partition coefficient (Wildman–Crippen LogP) is 6.00. The number of nitrogens with zero attached hydrogens (tertiary/aromatic N) is 2. The smallest absolute Gasteiger partial charge is 0.284 e. The number of ether oxygens (including phenoxy) is 1. The van der Waals surface area contributed by atoms with Crippen molar-refractivity contribution >= 4 is 44.5 Å². The number of amides is 2. The first-order valence-electron chi connectivity index (χ1n) is 13.8. The molecule has 1 heterocycles. The molecule has 1 saturated carbocycles. The van der Waals surface area contributed by atoms with Crippen molar-refractivity contribution in [3.05, 3.63) is 54.6 Å². The van der Waals surface area contributed by atoms with Gasteiger partial charge in [-0.15, -0.1) is 4.40 Å². The quantitative estimate of drug-likeness (QED) is 0.314. The number of carbonyl (C=O) groups is 2. The first-order valence-corrected chi connectivity index (χ1v) is 16.1. The van der Waals surface area contributed by atoms with Crippen molar-refractivity contribution in [2.24, 2.45) is 4.40 Å². The minimum absolute atomic E-state index is 0.0729. The van der Waals surface area contributed by atoms with E-state index in [0.29, 0.717) is 12.3 Å². The van der Waals surface area contributed by atoms with Crippen LogP contribution in [0.5, 0.6) is 5.75 Å². The van der Waals surface area contributed by atoms with Gasteiger partial charge in [0, 0.05) is 18.2 Å². The van der Waals surface area contributed by atoms with Crippen molar-refractivity contribution < 1.29 is 22.7 Å². The van der Waals surface area contributed by atoms with E-state index in [9.17, 15) is 18.0 Å². The lowest BCUT2D eigenvalue weighted by atomic mass is 9.94. The summed E-state index contributed by atoms with van der Waals surface area (Å²) in [5.41, 5.74) is 0.610. The number of nitrogens with one attached hydrogen (secondary N) is 1. The van der Waals surface area contributed by atoms with Crippen LogP contribution in [0.2, 0.25) is 0 Å². The molecule has 1 N–H and O–H groups in total. The number of carbonyl (C=O) groups excluding carboxylic acids is 2. The van der Waals surface area contributed by atoms with Gasteiger partial charge in [0.1, 0.15) is 11.0 Å². The van der Waals surface area contributed by atoms with Crippen LogP contribution in [-0.2, 0) is 19.6 Å². The fourth-order valence-corrected chi connectivity index (χ4v) is 7.26. The summed E-state index contributed by atoms with van der Waals surface area (Å²) < 4.78 is 35.9. The van der Waals surface area contributed by atoms with Crippen molar-refractivity contribution in [1.29, 1.82) is 0 Å². The van der Waals surface area contributed by atoms with Gasteiger partial charge in [-0.3, -0.25) is 14.5 Å². The fraction of sp³-hybridized carbons (Fsp3) is 0.483. The number of unbranched alkanes of at least 4 members (excludes halogenated alkanes) is 3. The van der Waals surface area contributed by atoms with Gasteiger partial charge in [0.15, 0.2) is 5.17 Å². The number of sulfonamides is 1. The van der Waals surface area contributed by atoms with E-state index in [-0.39, 0.29) is 34.3 Å². The van der Waals surface area contributed by atoms with E-state index in [1.54, 1.807) is 30.3 Å². The summed E-state index contributed by atoms with van der Waals surface area (Å²) in [6.07, 6.45) is 9.08. The van der Waals surface area contributed by atoms with E-state index in [1.807, 2.05) is 12.1 Å². The van der Waals surface area contributed by atoms with Crippen LogP contribution in [0.3, 0.4) is 0 Å². The number of benzene rings is 2. The lowest BCUT2D eigenvalue weighted by Crippen LogP contribution is -2.42. The first-order chi connectivity index (χ1) is 18.9. The van der Waals surface area contributed by atoms with Crippen LogP contribution in [0.1, 0.15) is 71.1 Å². The maximum Gasteiger partial charge on any atom is 0.284 e. The normalized spacial score (nSPS) is 19.4. The largest absolute Gasteiger partial charge is 0.494 e. The summed E-state index contributed by atoms with van der Waals surface area (Å²) in [5, 5.41) is 2.27. The van der Waals surface area contributed by atoms with Crippen LogP contribution < -0.4 is 10.1 Å². The highest BCUT2D eigenvalue weighted by Gasteiger charge is 2.43. The molecular weight excluding hydrogens is 534 g/mol. The summed E-state index contributed by atoms with van der Waals surface area (Å²) in [4.78, 5) is 28.0. The Labute approximate surface area is 235 Å². The zero-order chi connectivity index (χ0) is 27.7. The molecule has 0 radical (unpaired) electrons. The molecule has 1 aliphatic carbocycles. The zero-order valence-electron chi connectivity index (χ0n) is 22.4. The molecule has 1 aliphatic heterocycles. The number of rotatable bonds is 12. The molecule has 0 aromatic heterocycles.